The van der Waals surface area contributed by atoms with E-state index >= 15 is 0 Å². The molecule has 0 aliphatic rings. The number of hydrogen-bond acceptors (Lipinski definition) is 4. The lowest BCUT2D eigenvalue weighted by atomic mass is 10.2. The minimum atomic E-state index is -0.245. The van der Waals surface area contributed by atoms with Gasteiger partial charge in [-0.3, -0.25) is 4.79 Å². The summed E-state index contributed by atoms with van der Waals surface area (Å²) < 4.78 is 10.9. The summed E-state index contributed by atoms with van der Waals surface area (Å²) in [5.74, 6) is -0.0755. The van der Waals surface area contributed by atoms with Crippen molar-refractivity contribution < 1.29 is 14.3 Å². The molecule has 19 heavy (non-hydrogen) atoms. The molecule has 0 atom stereocenters. The SMILES string of the molecule is CCOC(CNc1ccc(NC(C)=O)cc1)OCC. The van der Waals surface area contributed by atoms with Crippen molar-refractivity contribution in [3.05, 3.63) is 24.3 Å². The van der Waals surface area contributed by atoms with Crippen LogP contribution in [0.4, 0.5) is 11.4 Å². The average molecular weight is 266 g/mol. The molecule has 0 bridgehead atoms. The quantitative estimate of drug-likeness (QED) is 0.710. The van der Waals surface area contributed by atoms with Crippen LogP contribution in [0.2, 0.25) is 0 Å². The van der Waals surface area contributed by atoms with Crippen LogP contribution in [0.5, 0.6) is 0 Å². The topological polar surface area (TPSA) is 59.6 Å². The molecule has 1 amide bonds. The molecule has 1 aromatic carbocycles. The molecule has 0 heterocycles. The Morgan fingerprint density at radius 3 is 2.11 bits per heavy atom. The van der Waals surface area contributed by atoms with E-state index in [1.165, 1.54) is 6.92 Å². The number of carbonyl (C=O) groups is 1. The molecule has 5 heteroatoms. The molecule has 0 radical (unpaired) electrons. The van der Waals surface area contributed by atoms with Crippen LogP contribution in [0.3, 0.4) is 0 Å². The molecule has 0 spiro atoms. The van der Waals surface area contributed by atoms with Crippen LogP contribution < -0.4 is 10.6 Å². The van der Waals surface area contributed by atoms with Gasteiger partial charge in [0.25, 0.3) is 0 Å². The molecular weight excluding hydrogens is 244 g/mol. The Morgan fingerprint density at radius 2 is 1.63 bits per heavy atom. The molecule has 0 saturated heterocycles. The molecule has 0 aliphatic heterocycles. The van der Waals surface area contributed by atoms with Crippen molar-refractivity contribution >= 4 is 17.3 Å². The van der Waals surface area contributed by atoms with Gasteiger partial charge in [0.2, 0.25) is 5.91 Å². The number of nitrogens with one attached hydrogen (secondary N) is 2. The maximum Gasteiger partial charge on any atom is 0.221 e. The maximum absolute atomic E-state index is 10.9. The zero-order chi connectivity index (χ0) is 14.1. The van der Waals surface area contributed by atoms with E-state index in [0.717, 1.165) is 11.4 Å². The van der Waals surface area contributed by atoms with Crippen molar-refractivity contribution in [2.75, 3.05) is 30.4 Å². The molecule has 0 saturated carbocycles. The highest BCUT2D eigenvalue weighted by Gasteiger charge is 2.07. The minimum absolute atomic E-state index is 0.0755. The first-order valence-corrected chi connectivity index (χ1v) is 6.50. The van der Waals surface area contributed by atoms with Crippen molar-refractivity contribution in [2.45, 2.75) is 27.1 Å². The van der Waals surface area contributed by atoms with Gasteiger partial charge in [-0.1, -0.05) is 0 Å². The van der Waals surface area contributed by atoms with Gasteiger partial charge in [0.15, 0.2) is 6.29 Å². The fourth-order valence-corrected chi connectivity index (χ4v) is 1.61. The first-order valence-electron chi connectivity index (χ1n) is 6.50. The Hall–Kier alpha value is -1.59. The highest BCUT2D eigenvalue weighted by Crippen LogP contribution is 2.13. The minimum Gasteiger partial charge on any atom is -0.380 e. The monoisotopic (exact) mass is 266 g/mol. The van der Waals surface area contributed by atoms with Crippen LogP contribution in [0.1, 0.15) is 20.8 Å². The fraction of sp³-hybridized carbons (Fsp3) is 0.500. The summed E-state index contributed by atoms with van der Waals surface area (Å²) in [6, 6.07) is 7.50. The van der Waals surface area contributed by atoms with Crippen LogP contribution in [0.15, 0.2) is 24.3 Å². The number of benzene rings is 1. The Bertz CT molecular complexity index is 373. The van der Waals surface area contributed by atoms with Gasteiger partial charge in [-0.15, -0.1) is 0 Å². The van der Waals surface area contributed by atoms with Gasteiger partial charge in [0.05, 0.1) is 6.54 Å². The zero-order valence-electron chi connectivity index (χ0n) is 11.7. The number of rotatable bonds is 8. The Labute approximate surface area is 114 Å². The second kappa shape index (κ2) is 8.50. The van der Waals surface area contributed by atoms with Gasteiger partial charge in [0.1, 0.15) is 0 Å². The van der Waals surface area contributed by atoms with E-state index in [9.17, 15) is 4.79 Å². The molecule has 1 rings (SSSR count). The summed E-state index contributed by atoms with van der Waals surface area (Å²) in [4.78, 5) is 10.9. The maximum atomic E-state index is 10.9. The summed E-state index contributed by atoms with van der Waals surface area (Å²) in [6.45, 7) is 7.19. The normalized spacial score (nSPS) is 10.5. The molecule has 0 unspecified atom stereocenters. The third-order valence-corrected chi connectivity index (χ3v) is 2.38. The van der Waals surface area contributed by atoms with Gasteiger partial charge in [0, 0.05) is 31.5 Å². The number of anilines is 2. The number of amides is 1. The fourth-order valence-electron chi connectivity index (χ4n) is 1.61. The number of carbonyl (C=O) groups excluding carboxylic acids is 1. The van der Waals surface area contributed by atoms with E-state index in [1.54, 1.807) is 0 Å². The smallest absolute Gasteiger partial charge is 0.221 e. The van der Waals surface area contributed by atoms with Gasteiger partial charge in [-0.2, -0.15) is 0 Å². The van der Waals surface area contributed by atoms with Gasteiger partial charge < -0.3 is 20.1 Å². The largest absolute Gasteiger partial charge is 0.380 e. The van der Waals surface area contributed by atoms with Crippen LogP contribution in [0.25, 0.3) is 0 Å². The molecular formula is C14H22N2O3. The Balaban J connectivity index is 2.45. The second-order valence-electron chi connectivity index (χ2n) is 3.98. The first kappa shape index (κ1) is 15.5. The van der Waals surface area contributed by atoms with Crippen LogP contribution in [0, 0.1) is 0 Å². The summed E-state index contributed by atoms with van der Waals surface area (Å²) in [5.41, 5.74) is 1.74. The van der Waals surface area contributed by atoms with Gasteiger partial charge in [-0.05, 0) is 38.1 Å². The molecule has 5 nitrogen and oxygen atoms in total. The predicted octanol–water partition coefficient (Wildman–Crippen LogP) is 2.46. The van der Waals surface area contributed by atoms with E-state index in [-0.39, 0.29) is 12.2 Å². The van der Waals surface area contributed by atoms with Gasteiger partial charge in [-0.25, -0.2) is 0 Å². The lowest BCUT2D eigenvalue weighted by Gasteiger charge is -2.18. The van der Waals surface area contributed by atoms with E-state index < -0.39 is 0 Å². The van der Waals surface area contributed by atoms with E-state index in [2.05, 4.69) is 10.6 Å². The van der Waals surface area contributed by atoms with Crippen molar-refractivity contribution in [3.8, 4) is 0 Å². The lowest BCUT2D eigenvalue weighted by molar-refractivity contribution is -0.126. The second-order valence-corrected chi connectivity index (χ2v) is 3.98. The van der Waals surface area contributed by atoms with E-state index in [4.69, 9.17) is 9.47 Å². The third kappa shape index (κ3) is 6.22. The Morgan fingerprint density at radius 1 is 1.11 bits per heavy atom. The number of ether oxygens (including phenoxy) is 2. The summed E-state index contributed by atoms with van der Waals surface area (Å²) in [6.07, 6.45) is -0.245. The van der Waals surface area contributed by atoms with Crippen LogP contribution in [-0.2, 0) is 14.3 Å². The Kier molecular flexibility index (Phi) is 6.92. The third-order valence-electron chi connectivity index (χ3n) is 2.38. The highest BCUT2D eigenvalue weighted by atomic mass is 16.7. The summed E-state index contributed by atoms with van der Waals surface area (Å²) in [7, 11) is 0. The zero-order valence-corrected chi connectivity index (χ0v) is 11.7. The van der Waals surface area contributed by atoms with Crippen molar-refractivity contribution in [1.82, 2.24) is 0 Å². The molecule has 106 valence electrons. The lowest BCUT2D eigenvalue weighted by Crippen LogP contribution is -2.26. The molecule has 2 N–H and O–H groups in total. The van der Waals surface area contributed by atoms with Gasteiger partial charge >= 0.3 is 0 Å². The van der Waals surface area contributed by atoms with Crippen LogP contribution in [-0.4, -0.2) is 32.0 Å². The highest BCUT2D eigenvalue weighted by molar-refractivity contribution is 5.88. The predicted molar refractivity (Wildman–Crippen MR) is 76.3 cm³/mol. The van der Waals surface area contributed by atoms with E-state index in [1.807, 2.05) is 38.1 Å². The van der Waals surface area contributed by atoms with E-state index in [0.29, 0.717) is 19.8 Å². The number of hydrogen-bond donors (Lipinski definition) is 2. The standard InChI is InChI=1S/C14H22N2O3/c1-4-18-14(19-5-2)10-15-12-6-8-13(9-7-12)16-11(3)17/h6-9,14-15H,4-5,10H2,1-3H3,(H,16,17). The summed E-state index contributed by atoms with van der Waals surface area (Å²) in [5, 5.41) is 5.95. The van der Waals surface area contributed by atoms with Crippen molar-refractivity contribution in [1.29, 1.82) is 0 Å². The van der Waals surface area contributed by atoms with Crippen molar-refractivity contribution in [2.24, 2.45) is 0 Å². The molecule has 0 aliphatic carbocycles. The average Bonchev–Trinajstić information content (AvgIpc) is 2.37. The molecule has 0 aromatic heterocycles. The summed E-state index contributed by atoms with van der Waals surface area (Å²) >= 11 is 0. The molecule has 0 fully saturated rings. The first-order chi connectivity index (χ1) is 9.15. The van der Waals surface area contributed by atoms with Crippen LogP contribution >= 0.6 is 0 Å². The van der Waals surface area contributed by atoms with Crippen molar-refractivity contribution in [3.63, 3.8) is 0 Å². The molecule has 1 aromatic rings.